The van der Waals surface area contributed by atoms with Crippen LogP contribution in [0.15, 0.2) is 65.1 Å². The van der Waals surface area contributed by atoms with E-state index in [1.165, 1.54) is 0 Å². The van der Waals surface area contributed by atoms with E-state index >= 15 is 0 Å². The average Bonchev–Trinajstić information content (AvgIpc) is 3.47. The molecule has 0 unspecified atom stereocenters. The Morgan fingerprint density at radius 1 is 0.969 bits per heavy atom. The summed E-state index contributed by atoms with van der Waals surface area (Å²) in [6.45, 7) is 1.32. The standard InChI is InChI=1S/C25H25N5O2/c31-22(26-17-21-29-28-20-13-7-8-16-30(20)21)14-15-23-27-24(18-9-3-1-4-10-18)25(32-23)19-11-5-2-6-12-19/h1-6,9-12H,7-8,13-17H2,(H,26,31). The van der Waals surface area contributed by atoms with Crippen molar-refractivity contribution in [1.82, 2.24) is 25.1 Å². The SMILES string of the molecule is O=C(CCc1nc(-c2ccccc2)c(-c2ccccc2)o1)NCc1nnc2n1CCCC2. The molecular weight excluding hydrogens is 402 g/mol. The van der Waals surface area contributed by atoms with Gasteiger partial charge in [-0.1, -0.05) is 60.7 Å². The highest BCUT2D eigenvalue weighted by Gasteiger charge is 2.18. The first kappa shape index (κ1) is 20.2. The molecule has 0 fully saturated rings. The molecule has 1 aliphatic rings. The number of aryl methyl sites for hydroxylation is 2. The minimum atomic E-state index is -0.0566. The second-order valence-electron chi connectivity index (χ2n) is 7.94. The van der Waals surface area contributed by atoms with E-state index in [1.54, 1.807) is 0 Å². The molecule has 5 rings (SSSR count). The molecule has 1 N–H and O–H groups in total. The number of nitrogens with one attached hydrogen (secondary N) is 1. The molecule has 32 heavy (non-hydrogen) atoms. The van der Waals surface area contributed by atoms with Crippen molar-refractivity contribution in [2.75, 3.05) is 0 Å². The second kappa shape index (κ2) is 9.18. The molecule has 4 aromatic rings. The highest BCUT2D eigenvalue weighted by atomic mass is 16.4. The fourth-order valence-electron chi connectivity index (χ4n) is 4.03. The number of oxazole rings is 1. The zero-order valence-corrected chi connectivity index (χ0v) is 17.8. The van der Waals surface area contributed by atoms with Gasteiger partial charge in [0.25, 0.3) is 0 Å². The summed E-state index contributed by atoms with van der Waals surface area (Å²) < 4.78 is 8.23. The maximum atomic E-state index is 12.5. The fourth-order valence-corrected chi connectivity index (χ4v) is 4.03. The summed E-state index contributed by atoms with van der Waals surface area (Å²) in [5, 5.41) is 11.4. The van der Waals surface area contributed by atoms with Crippen molar-refractivity contribution in [3.8, 4) is 22.6 Å². The summed E-state index contributed by atoms with van der Waals surface area (Å²) in [7, 11) is 0. The highest BCUT2D eigenvalue weighted by Crippen LogP contribution is 2.32. The van der Waals surface area contributed by atoms with Gasteiger partial charge in [0.1, 0.15) is 11.5 Å². The lowest BCUT2D eigenvalue weighted by molar-refractivity contribution is -0.121. The fraction of sp³-hybridized carbons (Fsp3) is 0.280. The molecule has 0 saturated carbocycles. The molecular formula is C25H25N5O2. The minimum Gasteiger partial charge on any atom is -0.440 e. The van der Waals surface area contributed by atoms with E-state index in [2.05, 4.69) is 20.1 Å². The maximum absolute atomic E-state index is 12.5. The Kier molecular flexibility index (Phi) is 5.79. The number of amides is 1. The van der Waals surface area contributed by atoms with Crippen molar-refractivity contribution >= 4 is 5.91 Å². The Labute approximate surface area is 186 Å². The molecule has 0 radical (unpaired) electrons. The molecule has 0 saturated heterocycles. The summed E-state index contributed by atoms with van der Waals surface area (Å²) >= 11 is 0. The van der Waals surface area contributed by atoms with Crippen molar-refractivity contribution in [2.45, 2.75) is 45.2 Å². The first-order valence-electron chi connectivity index (χ1n) is 11.1. The van der Waals surface area contributed by atoms with Crippen molar-refractivity contribution in [3.63, 3.8) is 0 Å². The molecule has 2 aromatic carbocycles. The van der Waals surface area contributed by atoms with Crippen LogP contribution < -0.4 is 5.32 Å². The molecule has 7 nitrogen and oxygen atoms in total. The van der Waals surface area contributed by atoms with Crippen LogP contribution in [0, 0.1) is 0 Å². The average molecular weight is 428 g/mol. The van der Waals surface area contributed by atoms with Gasteiger partial charge in [0, 0.05) is 36.9 Å². The van der Waals surface area contributed by atoms with Crippen LogP contribution in [0.2, 0.25) is 0 Å². The van der Waals surface area contributed by atoms with E-state index in [-0.39, 0.29) is 5.91 Å². The van der Waals surface area contributed by atoms with Crippen LogP contribution in [0.5, 0.6) is 0 Å². The maximum Gasteiger partial charge on any atom is 0.220 e. The second-order valence-corrected chi connectivity index (χ2v) is 7.94. The van der Waals surface area contributed by atoms with E-state index in [0.717, 1.165) is 60.0 Å². The van der Waals surface area contributed by atoms with Crippen molar-refractivity contribution in [2.24, 2.45) is 0 Å². The summed E-state index contributed by atoms with van der Waals surface area (Å²) in [5.41, 5.74) is 2.75. The minimum absolute atomic E-state index is 0.0566. The van der Waals surface area contributed by atoms with Crippen LogP contribution in [-0.2, 0) is 30.7 Å². The Balaban J connectivity index is 1.27. The van der Waals surface area contributed by atoms with Gasteiger partial charge in [-0.2, -0.15) is 0 Å². The third-order valence-corrected chi connectivity index (χ3v) is 5.70. The van der Waals surface area contributed by atoms with Crippen LogP contribution in [0.3, 0.4) is 0 Å². The van der Waals surface area contributed by atoms with Gasteiger partial charge in [-0.3, -0.25) is 4.79 Å². The largest absolute Gasteiger partial charge is 0.440 e. The predicted molar refractivity (Wildman–Crippen MR) is 121 cm³/mol. The van der Waals surface area contributed by atoms with Gasteiger partial charge >= 0.3 is 0 Å². The van der Waals surface area contributed by atoms with Crippen molar-refractivity contribution in [3.05, 3.63) is 78.2 Å². The van der Waals surface area contributed by atoms with Gasteiger partial charge in [-0.15, -0.1) is 10.2 Å². The van der Waals surface area contributed by atoms with Gasteiger partial charge in [-0.05, 0) is 12.8 Å². The van der Waals surface area contributed by atoms with E-state index in [1.807, 2.05) is 60.7 Å². The number of nitrogens with zero attached hydrogens (tertiary/aromatic N) is 4. The van der Waals surface area contributed by atoms with Gasteiger partial charge in [0.15, 0.2) is 17.5 Å². The molecule has 0 atom stereocenters. The van der Waals surface area contributed by atoms with Crippen LogP contribution in [0.4, 0.5) is 0 Å². The van der Waals surface area contributed by atoms with E-state index in [9.17, 15) is 4.79 Å². The third-order valence-electron chi connectivity index (χ3n) is 5.70. The molecule has 3 heterocycles. The molecule has 7 heteroatoms. The molecule has 1 aliphatic heterocycles. The number of rotatable bonds is 7. The summed E-state index contributed by atoms with van der Waals surface area (Å²) in [5.74, 6) is 3.06. The first-order chi connectivity index (χ1) is 15.8. The normalized spacial score (nSPS) is 13.0. The number of carbonyl (C=O) groups excluding carboxylic acids is 1. The van der Waals surface area contributed by atoms with Gasteiger partial charge in [0.05, 0.1) is 6.54 Å². The smallest absolute Gasteiger partial charge is 0.220 e. The van der Waals surface area contributed by atoms with Crippen LogP contribution in [0.25, 0.3) is 22.6 Å². The first-order valence-corrected chi connectivity index (χ1v) is 11.1. The van der Waals surface area contributed by atoms with Crippen molar-refractivity contribution in [1.29, 1.82) is 0 Å². The Hall–Kier alpha value is -3.74. The van der Waals surface area contributed by atoms with E-state index in [4.69, 9.17) is 9.40 Å². The molecule has 2 aromatic heterocycles. The quantitative estimate of drug-likeness (QED) is 0.478. The zero-order valence-electron chi connectivity index (χ0n) is 17.8. The Morgan fingerprint density at radius 3 is 2.50 bits per heavy atom. The molecule has 0 aliphatic carbocycles. The monoisotopic (exact) mass is 427 g/mol. The molecule has 0 bridgehead atoms. The molecule has 0 spiro atoms. The van der Waals surface area contributed by atoms with Gasteiger partial charge in [0.2, 0.25) is 5.91 Å². The lowest BCUT2D eigenvalue weighted by Gasteiger charge is -2.14. The molecule has 162 valence electrons. The number of benzene rings is 2. The number of hydrogen-bond donors (Lipinski definition) is 1. The Morgan fingerprint density at radius 2 is 1.72 bits per heavy atom. The Bertz CT molecular complexity index is 1140. The van der Waals surface area contributed by atoms with Crippen molar-refractivity contribution < 1.29 is 9.21 Å². The topological polar surface area (TPSA) is 85.8 Å². The van der Waals surface area contributed by atoms with Gasteiger partial charge < -0.3 is 14.3 Å². The van der Waals surface area contributed by atoms with Crippen LogP contribution in [-0.4, -0.2) is 25.7 Å². The number of fused-ring (bicyclic) bond motifs is 1. The van der Waals surface area contributed by atoms with E-state index < -0.39 is 0 Å². The van der Waals surface area contributed by atoms with Crippen LogP contribution in [0.1, 0.15) is 36.8 Å². The summed E-state index contributed by atoms with van der Waals surface area (Å²) in [6, 6.07) is 19.9. The molecule has 1 amide bonds. The zero-order chi connectivity index (χ0) is 21.8. The summed E-state index contributed by atoms with van der Waals surface area (Å²) in [6.07, 6.45) is 3.96. The van der Waals surface area contributed by atoms with Gasteiger partial charge in [-0.25, -0.2) is 4.98 Å². The van der Waals surface area contributed by atoms with E-state index in [0.29, 0.717) is 25.3 Å². The highest BCUT2D eigenvalue weighted by molar-refractivity contribution is 5.77. The number of carbonyl (C=O) groups is 1. The predicted octanol–water partition coefficient (Wildman–Crippen LogP) is 4.19. The number of hydrogen-bond acceptors (Lipinski definition) is 5. The van der Waals surface area contributed by atoms with Crippen LogP contribution >= 0.6 is 0 Å². The third kappa shape index (κ3) is 4.32. The lowest BCUT2D eigenvalue weighted by Crippen LogP contribution is -2.25. The summed E-state index contributed by atoms with van der Waals surface area (Å²) in [4.78, 5) is 17.2. The lowest BCUT2D eigenvalue weighted by atomic mass is 10.1. The number of aromatic nitrogens is 4.